The Bertz CT molecular complexity index is 879. The number of benzene rings is 1. The van der Waals surface area contributed by atoms with Crippen molar-refractivity contribution in [1.29, 1.82) is 0 Å². The van der Waals surface area contributed by atoms with Crippen LogP contribution in [-0.2, 0) is 17.8 Å². The summed E-state index contributed by atoms with van der Waals surface area (Å²) in [6, 6.07) is 8.66. The van der Waals surface area contributed by atoms with Crippen LogP contribution in [0.2, 0.25) is 0 Å². The standard InChI is InChI=1S/C19H21F3N4O2/c20-19(21,22)15-6-7-25-17(27)12-16(24-8-10-28-11-9-24)23-18(25)26(15)13-14-4-2-1-3-5-14/h1-5,12,15H,6-11,13H2/t15-/m1/s1. The van der Waals surface area contributed by atoms with Crippen molar-refractivity contribution >= 4 is 11.8 Å². The Hall–Kier alpha value is -2.55. The lowest BCUT2D eigenvalue weighted by Gasteiger charge is -2.39. The molecule has 6 nitrogen and oxygen atoms in total. The minimum absolute atomic E-state index is 0.0000239. The van der Waals surface area contributed by atoms with Crippen molar-refractivity contribution in [1.82, 2.24) is 9.55 Å². The summed E-state index contributed by atoms with van der Waals surface area (Å²) in [5.41, 5.74) is 0.404. The summed E-state index contributed by atoms with van der Waals surface area (Å²) >= 11 is 0. The largest absolute Gasteiger partial charge is 0.408 e. The van der Waals surface area contributed by atoms with Gasteiger partial charge in [-0.05, 0) is 12.0 Å². The van der Waals surface area contributed by atoms with Crippen molar-refractivity contribution in [3.05, 3.63) is 52.3 Å². The van der Waals surface area contributed by atoms with Crippen molar-refractivity contribution in [3.8, 4) is 0 Å². The first kappa shape index (κ1) is 18.8. The van der Waals surface area contributed by atoms with Crippen molar-refractivity contribution in [3.63, 3.8) is 0 Å². The lowest BCUT2D eigenvalue weighted by Crippen LogP contribution is -2.52. The maximum absolute atomic E-state index is 13.8. The molecule has 0 unspecified atom stereocenters. The highest BCUT2D eigenvalue weighted by Crippen LogP contribution is 2.35. The van der Waals surface area contributed by atoms with Crippen LogP contribution in [0.1, 0.15) is 12.0 Å². The van der Waals surface area contributed by atoms with Crippen LogP contribution in [0.5, 0.6) is 0 Å². The molecule has 1 atom stereocenters. The van der Waals surface area contributed by atoms with Gasteiger partial charge in [0.2, 0.25) is 5.95 Å². The maximum Gasteiger partial charge on any atom is 0.408 e. The van der Waals surface area contributed by atoms with E-state index in [0.717, 1.165) is 5.56 Å². The molecule has 9 heteroatoms. The molecule has 0 spiro atoms. The molecule has 0 N–H and O–H groups in total. The molecule has 0 bridgehead atoms. The van der Waals surface area contributed by atoms with Crippen molar-refractivity contribution in [2.75, 3.05) is 36.1 Å². The highest BCUT2D eigenvalue weighted by atomic mass is 19.4. The smallest absolute Gasteiger partial charge is 0.378 e. The predicted molar refractivity (Wildman–Crippen MR) is 98.6 cm³/mol. The normalized spacial score (nSPS) is 20.2. The van der Waals surface area contributed by atoms with E-state index in [0.29, 0.717) is 32.1 Å². The fraction of sp³-hybridized carbons (Fsp3) is 0.474. The van der Waals surface area contributed by atoms with E-state index in [9.17, 15) is 18.0 Å². The van der Waals surface area contributed by atoms with Crippen LogP contribution >= 0.6 is 0 Å². The highest BCUT2D eigenvalue weighted by molar-refractivity contribution is 5.47. The zero-order valence-electron chi connectivity index (χ0n) is 15.2. The Kier molecular flexibility index (Phi) is 5.01. The number of hydrogen-bond donors (Lipinski definition) is 0. The van der Waals surface area contributed by atoms with Gasteiger partial charge in [0.25, 0.3) is 5.56 Å². The number of aromatic nitrogens is 2. The maximum atomic E-state index is 13.8. The van der Waals surface area contributed by atoms with Gasteiger partial charge in [-0.2, -0.15) is 18.2 Å². The fourth-order valence-electron chi connectivity index (χ4n) is 3.71. The molecule has 0 amide bonds. The first-order valence-electron chi connectivity index (χ1n) is 9.25. The summed E-state index contributed by atoms with van der Waals surface area (Å²) in [4.78, 5) is 20.2. The molecule has 3 heterocycles. The van der Waals surface area contributed by atoms with E-state index in [1.807, 2.05) is 11.0 Å². The highest BCUT2D eigenvalue weighted by Gasteiger charge is 2.46. The molecule has 2 aromatic rings. The summed E-state index contributed by atoms with van der Waals surface area (Å²) in [6.45, 7) is 2.14. The Morgan fingerprint density at radius 1 is 1.11 bits per heavy atom. The lowest BCUT2D eigenvalue weighted by molar-refractivity contribution is -0.153. The first-order chi connectivity index (χ1) is 13.4. The van der Waals surface area contributed by atoms with Crippen LogP contribution in [0.25, 0.3) is 0 Å². The summed E-state index contributed by atoms with van der Waals surface area (Å²) in [5, 5.41) is 0. The minimum Gasteiger partial charge on any atom is -0.378 e. The number of hydrogen-bond acceptors (Lipinski definition) is 5. The summed E-state index contributed by atoms with van der Waals surface area (Å²) in [6.07, 6.45) is -4.59. The van der Waals surface area contributed by atoms with Gasteiger partial charge in [-0.15, -0.1) is 0 Å². The molecule has 1 aromatic heterocycles. The Morgan fingerprint density at radius 3 is 2.50 bits per heavy atom. The number of alkyl halides is 3. The Balaban J connectivity index is 1.77. The average molecular weight is 394 g/mol. The Labute approximate surface area is 160 Å². The monoisotopic (exact) mass is 394 g/mol. The molecule has 1 aromatic carbocycles. The number of morpholine rings is 1. The molecule has 0 aliphatic carbocycles. The van der Waals surface area contributed by atoms with Gasteiger partial charge in [-0.1, -0.05) is 30.3 Å². The van der Waals surface area contributed by atoms with E-state index in [1.165, 1.54) is 15.5 Å². The van der Waals surface area contributed by atoms with Gasteiger partial charge in [0.1, 0.15) is 11.9 Å². The van der Waals surface area contributed by atoms with Gasteiger partial charge in [-0.25, -0.2) is 0 Å². The number of anilines is 2. The summed E-state index contributed by atoms with van der Waals surface area (Å²) in [7, 11) is 0. The molecule has 0 saturated carbocycles. The number of ether oxygens (including phenoxy) is 1. The molecular formula is C19H21F3N4O2. The topological polar surface area (TPSA) is 50.6 Å². The minimum atomic E-state index is -4.41. The van der Waals surface area contributed by atoms with Crippen molar-refractivity contribution < 1.29 is 17.9 Å². The third-order valence-corrected chi connectivity index (χ3v) is 5.14. The van der Waals surface area contributed by atoms with Crippen LogP contribution in [0.3, 0.4) is 0 Å². The quantitative estimate of drug-likeness (QED) is 0.800. The van der Waals surface area contributed by atoms with Crippen LogP contribution in [-0.4, -0.2) is 48.1 Å². The molecule has 4 rings (SSSR count). The van der Waals surface area contributed by atoms with Gasteiger partial charge < -0.3 is 14.5 Å². The van der Waals surface area contributed by atoms with Crippen LogP contribution in [0, 0.1) is 0 Å². The summed E-state index contributed by atoms with van der Waals surface area (Å²) < 4.78 is 47.9. The van der Waals surface area contributed by atoms with Gasteiger partial charge in [0, 0.05) is 32.2 Å². The SMILES string of the molecule is O=c1cc(N2CCOCC2)nc2n1CC[C@H](C(F)(F)F)N2Cc1ccccc1. The van der Waals surface area contributed by atoms with Crippen LogP contribution < -0.4 is 15.4 Å². The number of fused-ring (bicyclic) bond motifs is 1. The third-order valence-electron chi connectivity index (χ3n) is 5.14. The fourth-order valence-corrected chi connectivity index (χ4v) is 3.71. The van der Waals surface area contributed by atoms with Gasteiger partial charge in [0.15, 0.2) is 0 Å². The molecule has 1 fully saturated rings. The van der Waals surface area contributed by atoms with Gasteiger partial charge in [0.05, 0.1) is 13.2 Å². The van der Waals surface area contributed by atoms with Gasteiger partial charge in [-0.3, -0.25) is 9.36 Å². The van der Waals surface area contributed by atoms with Gasteiger partial charge >= 0.3 is 6.18 Å². The van der Waals surface area contributed by atoms with E-state index in [1.54, 1.807) is 24.3 Å². The van der Waals surface area contributed by atoms with E-state index in [-0.39, 0.29) is 31.0 Å². The first-order valence-corrected chi connectivity index (χ1v) is 9.25. The van der Waals surface area contributed by atoms with Crippen molar-refractivity contribution in [2.45, 2.75) is 31.7 Å². The second-order valence-corrected chi connectivity index (χ2v) is 6.96. The molecule has 1 saturated heterocycles. The van der Waals surface area contributed by atoms with E-state index >= 15 is 0 Å². The molecular weight excluding hydrogens is 373 g/mol. The number of nitrogens with zero attached hydrogens (tertiary/aromatic N) is 4. The number of halogens is 3. The van der Waals surface area contributed by atoms with E-state index in [4.69, 9.17) is 4.74 Å². The van der Waals surface area contributed by atoms with Crippen LogP contribution in [0.15, 0.2) is 41.2 Å². The second-order valence-electron chi connectivity index (χ2n) is 6.96. The zero-order valence-corrected chi connectivity index (χ0v) is 15.2. The zero-order chi connectivity index (χ0) is 19.7. The predicted octanol–water partition coefficient (Wildman–Crippen LogP) is 2.42. The average Bonchev–Trinajstić information content (AvgIpc) is 2.69. The van der Waals surface area contributed by atoms with Crippen LogP contribution in [0.4, 0.5) is 24.9 Å². The van der Waals surface area contributed by atoms with E-state index < -0.39 is 12.2 Å². The molecule has 2 aliphatic rings. The molecule has 28 heavy (non-hydrogen) atoms. The second kappa shape index (κ2) is 7.46. The summed E-state index contributed by atoms with van der Waals surface area (Å²) in [5.74, 6) is 0.479. The van der Waals surface area contributed by atoms with E-state index in [2.05, 4.69) is 4.98 Å². The number of rotatable bonds is 3. The lowest BCUT2D eigenvalue weighted by atomic mass is 10.1. The third kappa shape index (κ3) is 3.71. The molecule has 0 radical (unpaired) electrons. The molecule has 2 aliphatic heterocycles. The molecule has 150 valence electrons. The Morgan fingerprint density at radius 2 is 1.82 bits per heavy atom. The van der Waals surface area contributed by atoms with Crippen molar-refractivity contribution in [2.24, 2.45) is 0 Å².